The first-order chi connectivity index (χ1) is 12.2. The second kappa shape index (κ2) is 8.22. The first kappa shape index (κ1) is 17.6. The summed E-state index contributed by atoms with van der Waals surface area (Å²) in [5.41, 5.74) is 8.53. The molecule has 0 spiro atoms. The number of carbonyl (C=O) groups excluding carboxylic acids is 1. The van der Waals surface area contributed by atoms with Gasteiger partial charge in [-0.3, -0.25) is 14.4 Å². The molecule has 25 heavy (non-hydrogen) atoms. The van der Waals surface area contributed by atoms with Crippen LogP contribution in [0.15, 0.2) is 30.5 Å². The molecule has 0 radical (unpaired) electrons. The zero-order valence-corrected chi connectivity index (χ0v) is 14.7. The quantitative estimate of drug-likeness (QED) is 0.777. The average Bonchev–Trinajstić information content (AvgIpc) is 3.25. The molecule has 2 heterocycles. The van der Waals surface area contributed by atoms with E-state index in [9.17, 15) is 4.79 Å². The van der Waals surface area contributed by atoms with Crippen LogP contribution in [0, 0.1) is 12.8 Å². The van der Waals surface area contributed by atoms with Gasteiger partial charge in [-0.05, 0) is 36.9 Å². The van der Waals surface area contributed by atoms with Crippen molar-refractivity contribution in [2.24, 2.45) is 11.7 Å². The van der Waals surface area contributed by atoms with Gasteiger partial charge >= 0.3 is 0 Å². The van der Waals surface area contributed by atoms with Crippen molar-refractivity contribution in [2.75, 3.05) is 26.2 Å². The molecule has 1 saturated heterocycles. The number of aromatic nitrogens is 3. The molecule has 3 N–H and O–H groups in total. The summed E-state index contributed by atoms with van der Waals surface area (Å²) in [7, 11) is 0. The van der Waals surface area contributed by atoms with E-state index in [1.165, 1.54) is 11.1 Å². The van der Waals surface area contributed by atoms with Crippen molar-refractivity contribution in [2.45, 2.75) is 26.4 Å². The topological polar surface area (TPSA) is 89.1 Å². The minimum absolute atomic E-state index is 0.166. The third-order valence-corrected chi connectivity index (χ3v) is 4.71. The van der Waals surface area contributed by atoms with E-state index in [1.54, 1.807) is 10.9 Å². The van der Waals surface area contributed by atoms with E-state index in [-0.39, 0.29) is 5.91 Å². The van der Waals surface area contributed by atoms with Gasteiger partial charge in [-0.1, -0.05) is 29.5 Å². The maximum absolute atomic E-state index is 12.2. The number of nitrogens with two attached hydrogens (primary N) is 1. The van der Waals surface area contributed by atoms with Crippen LogP contribution in [-0.4, -0.2) is 52.0 Å². The number of likely N-dealkylation sites (tertiary alicyclic amines) is 1. The van der Waals surface area contributed by atoms with E-state index in [0.717, 1.165) is 26.1 Å². The molecule has 1 amide bonds. The maximum Gasteiger partial charge on any atom is 0.273 e. The molecule has 2 aromatic rings. The SMILES string of the molecule is Cc1ccccc1CN1CC[C@H](CNC(=O)c2cn(CCN)nn2)C1. The molecule has 3 rings (SSSR count). The number of hydrogen-bond donors (Lipinski definition) is 2. The fraction of sp³-hybridized carbons (Fsp3) is 0.500. The Balaban J connectivity index is 1.45. The predicted octanol–water partition coefficient (Wildman–Crippen LogP) is 0.797. The molecule has 1 aromatic carbocycles. The second-order valence-electron chi connectivity index (χ2n) is 6.68. The summed E-state index contributed by atoms with van der Waals surface area (Å²) in [6.45, 7) is 6.92. The fourth-order valence-electron chi connectivity index (χ4n) is 3.22. The molecular formula is C18H26N6O. The number of rotatable bonds is 7. The van der Waals surface area contributed by atoms with Gasteiger partial charge in [0.1, 0.15) is 0 Å². The van der Waals surface area contributed by atoms with E-state index in [0.29, 0.717) is 31.2 Å². The summed E-state index contributed by atoms with van der Waals surface area (Å²) >= 11 is 0. The van der Waals surface area contributed by atoms with Crippen LogP contribution in [-0.2, 0) is 13.1 Å². The Labute approximate surface area is 148 Å². The van der Waals surface area contributed by atoms with Crippen LogP contribution in [0.4, 0.5) is 0 Å². The van der Waals surface area contributed by atoms with Crippen molar-refractivity contribution in [3.05, 3.63) is 47.3 Å². The lowest BCUT2D eigenvalue weighted by Crippen LogP contribution is -2.31. The summed E-state index contributed by atoms with van der Waals surface area (Å²) in [5, 5.41) is 10.8. The molecule has 1 atom stereocenters. The number of hydrogen-bond acceptors (Lipinski definition) is 5. The van der Waals surface area contributed by atoms with Crippen molar-refractivity contribution >= 4 is 5.91 Å². The van der Waals surface area contributed by atoms with Crippen LogP contribution in [0.5, 0.6) is 0 Å². The lowest BCUT2D eigenvalue weighted by Gasteiger charge is -2.17. The van der Waals surface area contributed by atoms with Gasteiger partial charge in [0.05, 0.1) is 12.7 Å². The highest BCUT2D eigenvalue weighted by molar-refractivity contribution is 5.91. The van der Waals surface area contributed by atoms with E-state index < -0.39 is 0 Å². The Hall–Kier alpha value is -2.25. The molecule has 0 bridgehead atoms. The number of aryl methyl sites for hydroxylation is 1. The molecule has 0 aliphatic carbocycles. The van der Waals surface area contributed by atoms with Gasteiger partial charge in [-0.2, -0.15) is 0 Å². The summed E-state index contributed by atoms with van der Waals surface area (Å²) in [4.78, 5) is 14.6. The molecule has 7 nitrogen and oxygen atoms in total. The minimum atomic E-state index is -0.166. The zero-order valence-electron chi connectivity index (χ0n) is 14.7. The number of nitrogens with one attached hydrogen (secondary N) is 1. The van der Waals surface area contributed by atoms with Gasteiger partial charge in [0.15, 0.2) is 5.69 Å². The molecule has 0 saturated carbocycles. The van der Waals surface area contributed by atoms with Gasteiger partial charge in [0.25, 0.3) is 5.91 Å². The summed E-state index contributed by atoms with van der Waals surface area (Å²) in [6, 6.07) is 8.51. The third kappa shape index (κ3) is 4.64. The molecule has 1 aliphatic heterocycles. The van der Waals surface area contributed by atoms with E-state index in [2.05, 4.69) is 51.7 Å². The molecule has 7 heteroatoms. The van der Waals surface area contributed by atoms with Gasteiger partial charge < -0.3 is 11.1 Å². The minimum Gasteiger partial charge on any atom is -0.350 e. The van der Waals surface area contributed by atoms with Crippen molar-refractivity contribution in [3.8, 4) is 0 Å². The normalized spacial score (nSPS) is 17.8. The lowest BCUT2D eigenvalue weighted by atomic mass is 10.1. The Bertz CT molecular complexity index is 713. The number of benzene rings is 1. The lowest BCUT2D eigenvalue weighted by molar-refractivity contribution is 0.0942. The van der Waals surface area contributed by atoms with Crippen LogP contribution in [0.2, 0.25) is 0 Å². The monoisotopic (exact) mass is 342 g/mol. The number of amides is 1. The number of carbonyl (C=O) groups is 1. The highest BCUT2D eigenvalue weighted by Gasteiger charge is 2.23. The van der Waals surface area contributed by atoms with Gasteiger partial charge in [0, 0.05) is 26.2 Å². The second-order valence-corrected chi connectivity index (χ2v) is 6.68. The Morgan fingerprint density at radius 1 is 1.40 bits per heavy atom. The zero-order chi connectivity index (χ0) is 17.6. The molecule has 1 aliphatic rings. The summed E-state index contributed by atoms with van der Waals surface area (Å²) in [5.74, 6) is 0.313. The Morgan fingerprint density at radius 2 is 2.24 bits per heavy atom. The number of nitrogens with zero attached hydrogens (tertiary/aromatic N) is 4. The fourth-order valence-corrected chi connectivity index (χ4v) is 3.22. The van der Waals surface area contributed by atoms with Crippen LogP contribution < -0.4 is 11.1 Å². The van der Waals surface area contributed by atoms with Crippen LogP contribution in [0.3, 0.4) is 0 Å². The summed E-state index contributed by atoms with van der Waals surface area (Å²) in [6.07, 6.45) is 2.74. The predicted molar refractivity (Wildman–Crippen MR) is 96.0 cm³/mol. The first-order valence-electron chi connectivity index (χ1n) is 8.81. The molecule has 134 valence electrons. The van der Waals surface area contributed by atoms with E-state index in [4.69, 9.17) is 5.73 Å². The van der Waals surface area contributed by atoms with Crippen LogP contribution in [0.25, 0.3) is 0 Å². The highest BCUT2D eigenvalue weighted by atomic mass is 16.2. The van der Waals surface area contributed by atoms with Crippen molar-refractivity contribution in [3.63, 3.8) is 0 Å². The molecule has 1 fully saturated rings. The van der Waals surface area contributed by atoms with Crippen LogP contribution >= 0.6 is 0 Å². The van der Waals surface area contributed by atoms with E-state index >= 15 is 0 Å². The third-order valence-electron chi connectivity index (χ3n) is 4.71. The largest absolute Gasteiger partial charge is 0.350 e. The van der Waals surface area contributed by atoms with Crippen molar-refractivity contribution < 1.29 is 4.79 Å². The van der Waals surface area contributed by atoms with Crippen molar-refractivity contribution in [1.29, 1.82) is 0 Å². The van der Waals surface area contributed by atoms with Gasteiger partial charge in [-0.25, -0.2) is 0 Å². The van der Waals surface area contributed by atoms with E-state index in [1.807, 2.05) is 0 Å². The highest BCUT2D eigenvalue weighted by Crippen LogP contribution is 2.19. The summed E-state index contributed by atoms with van der Waals surface area (Å²) < 4.78 is 1.59. The van der Waals surface area contributed by atoms with Gasteiger partial charge in [0.2, 0.25) is 0 Å². The molecular weight excluding hydrogens is 316 g/mol. The Morgan fingerprint density at radius 3 is 3.04 bits per heavy atom. The Kier molecular flexibility index (Phi) is 5.78. The standard InChI is InChI=1S/C18H26N6O/c1-14-4-2-3-5-16(14)12-23-8-6-15(11-23)10-20-18(25)17-13-24(9-7-19)22-21-17/h2-5,13,15H,6-12,19H2,1H3,(H,20,25)/t15-/m1/s1. The first-order valence-corrected chi connectivity index (χ1v) is 8.81. The molecule has 1 aromatic heterocycles. The average molecular weight is 342 g/mol. The maximum atomic E-state index is 12.2. The van der Waals surface area contributed by atoms with Crippen molar-refractivity contribution in [1.82, 2.24) is 25.2 Å². The van der Waals surface area contributed by atoms with Crippen LogP contribution in [0.1, 0.15) is 28.0 Å². The smallest absolute Gasteiger partial charge is 0.273 e. The van der Waals surface area contributed by atoms with Gasteiger partial charge in [-0.15, -0.1) is 5.10 Å². The molecule has 0 unspecified atom stereocenters.